The van der Waals surface area contributed by atoms with Crippen molar-refractivity contribution in [3.63, 3.8) is 0 Å². The Morgan fingerprint density at radius 3 is 2.47 bits per heavy atom. The molecule has 1 aromatic heterocycles. The van der Waals surface area contributed by atoms with E-state index in [1.165, 1.54) is 17.4 Å². The Labute approximate surface area is 119 Å². The van der Waals surface area contributed by atoms with Gasteiger partial charge in [0.1, 0.15) is 5.82 Å². The van der Waals surface area contributed by atoms with Gasteiger partial charge in [-0.25, -0.2) is 4.39 Å². The van der Waals surface area contributed by atoms with Crippen LogP contribution in [0.15, 0.2) is 47.8 Å². The molecule has 3 aromatic rings. The highest BCUT2D eigenvalue weighted by molar-refractivity contribution is 7.10. The molecule has 1 nitrogen and oxygen atoms in total. The molecule has 0 amide bonds. The first-order chi connectivity index (χ1) is 9.18. The Bertz CT molecular complexity index is 738. The number of thiophene rings is 1. The van der Waals surface area contributed by atoms with Crippen LogP contribution in [0.3, 0.4) is 0 Å². The Morgan fingerprint density at radius 2 is 1.79 bits per heavy atom. The molecule has 2 aromatic carbocycles. The Hall–Kier alpha value is -1.42. The molecule has 0 aliphatic heterocycles. The standard InChI is InChI=1S/C15H11ClFNS/c16-12-7-8-19-15(12)14(18)11-5-6-13(17)10-4-2-1-3-9(10)11/h1-8,14H,18H2. The predicted octanol–water partition coefficient (Wildman–Crippen LogP) is 4.74. The normalized spacial score (nSPS) is 12.8. The first-order valence-corrected chi connectivity index (χ1v) is 7.10. The van der Waals surface area contributed by atoms with Crippen LogP contribution in [-0.4, -0.2) is 0 Å². The molecule has 0 spiro atoms. The van der Waals surface area contributed by atoms with Crippen LogP contribution in [0.4, 0.5) is 4.39 Å². The van der Waals surface area contributed by atoms with Gasteiger partial charge in [0.15, 0.2) is 0 Å². The van der Waals surface area contributed by atoms with E-state index >= 15 is 0 Å². The van der Waals surface area contributed by atoms with Crippen molar-refractivity contribution in [2.24, 2.45) is 5.73 Å². The van der Waals surface area contributed by atoms with Crippen molar-refractivity contribution in [1.29, 1.82) is 0 Å². The molecular formula is C15H11ClFNS. The van der Waals surface area contributed by atoms with Crippen molar-refractivity contribution < 1.29 is 4.39 Å². The summed E-state index contributed by atoms with van der Waals surface area (Å²) >= 11 is 7.64. The smallest absolute Gasteiger partial charge is 0.131 e. The summed E-state index contributed by atoms with van der Waals surface area (Å²) in [6.45, 7) is 0. The van der Waals surface area contributed by atoms with Crippen LogP contribution in [0, 0.1) is 5.82 Å². The molecule has 0 aliphatic rings. The van der Waals surface area contributed by atoms with Gasteiger partial charge in [0, 0.05) is 10.3 Å². The summed E-state index contributed by atoms with van der Waals surface area (Å²) in [7, 11) is 0. The lowest BCUT2D eigenvalue weighted by Crippen LogP contribution is -2.11. The number of halogens is 2. The van der Waals surface area contributed by atoms with E-state index in [2.05, 4.69) is 0 Å². The number of rotatable bonds is 2. The molecule has 0 radical (unpaired) electrons. The molecule has 2 N–H and O–H groups in total. The zero-order chi connectivity index (χ0) is 13.4. The summed E-state index contributed by atoms with van der Waals surface area (Å²) in [4.78, 5) is 0.901. The average Bonchev–Trinajstić information content (AvgIpc) is 2.85. The van der Waals surface area contributed by atoms with Crippen molar-refractivity contribution in [3.8, 4) is 0 Å². The Balaban J connectivity index is 2.21. The highest BCUT2D eigenvalue weighted by atomic mass is 35.5. The molecule has 1 atom stereocenters. The summed E-state index contributed by atoms with van der Waals surface area (Å²) < 4.78 is 13.8. The van der Waals surface area contributed by atoms with Gasteiger partial charge in [0.05, 0.1) is 11.1 Å². The van der Waals surface area contributed by atoms with Gasteiger partial charge in [-0.1, -0.05) is 41.9 Å². The van der Waals surface area contributed by atoms with Crippen LogP contribution in [0.5, 0.6) is 0 Å². The first-order valence-electron chi connectivity index (χ1n) is 5.84. The summed E-state index contributed by atoms with van der Waals surface area (Å²) in [5.41, 5.74) is 7.17. The van der Waals surface area contributed by atoms with Crippen LogP contribution >= 0.6 is 22.9 Å². The van der Waals surface area contributed by atoms with E-state index < -0.39 is 0 Å². The maximum Gasteiger partial charge on any atom is 0.131 e. The fourth-order valence-electron chi connectivity index (χ4n) is 2.23. The molecule has 0 saturated heterocycles. The highest BCUT2D eigenvalue weighted by Crippen LogP contribution is 2.34. The molecule has 0 aliphatic carbocycles. The van der Waals surface area contributed by atoms with Crippen LogP contribution in [0.25, 0.3) is 10.8 Å². The molecule has 1 heterocycles. The molecule has 0 fully saturated rings. The third-order valence-corrected chi connectivity index (χ3v) is 4.61. The third-order valence-electron chi connectivity index (χ3n) is 3.17. The van der Waals surface area contributed by atoms with Gasteiger partial charge >= 0.3 is 0 Å². The third kappa shape index (κ3) is 2.14. The van der Waals surface area contributed by atoms with Crippen LogP contribution in [0.2, 0.25) is 5.02 Å². The largest absolute Gasteiger partial charge is 0.320 e. The number of fused-ring (bicyclic) bond motifs is 1. The summed E-state index contributed by atoms with van der Waals surface area (Å²) in [5.74, 6) is -0.233. The second-order valence-corrected chi connectivity index (χ2v) is 5.65. The zero-order valence-corrected chi connectivity index (χ0v) is 11.5. The Kier molecular flexibility index (Phi) is 3.27. The van der Waals surface area contributed by atoms with E-state index in [1.807, 2.05) is 29.6 Å². The van der Waals surface area contributed by atoms with E-state index in [0.717, 1.165) is 15.8 Å². The van der Waals surface area contributed by atoms with Crippen LogP contribution in [0.1, 0.15) is 16.5 Å². The second kappa shape index (κ2) is 4.93. The number of nitrogens with two attached hydrogens (primary N) is 1. The lowest BCUT2D eigenvalue weighted by atomic mass is 9.98. The molecule has 3 rings (SSSR count). The maximum absolute atomic E-state index is 13.8. The van der Waals surface area contributed by atoms with Gasteiger partial charge in [0.25, 0.3) is 0 Å². The molecule has 1 unspecified atom stereocenters. The molecule has 0 saturated carbocycles. The molecule has 0 bridgehead atoms. The van der Waals surface area contributed by atoms with Crippen molar-refractivity contribution in [2.45, 2.75) is 6.04 Å². The minimum atomic E-state index is -0.335. The van der Waals surface area contributed by atoms with E-state index in [1.54, 1.807) is 12.1 Å². The summed E-state index contributed by atoms with van der Waals surface area (Å²) in [5, 5.41) is 3.98. The van der Waals surface area contributed by atoms with Gasteiger partial charge in [0.2, 0.25) is 0 Å². The van der Waals surface area contributed by atoms with Crippen LogP contribution in [-0.2, 0) is 0 Å². The zero-order valence-electron chi connectivity index (χ0n) is 9.94. The van der Waals surface area contributed by atoms with E-state index in [0.29, 0.717) is 10.4 Å². The summed E-state index contributed by atoms with van der Waals surface area (Å²) in [6, 6.07) is 12.0. The van der Waals surface area contributed by atoms with Crippen molar-refractivity contribution in [2.75, 3.05) is 0 Å². The van der Waals surface area contributed by atoms with Gasteiger partial charge in [-0.3, -0.25) is 0 Å². The number of hydrogen-bond donors (Lipinski definition) is 1. The SMILES string of the molecule is NC(c1sccc1Cl)c1ccc(F)c2ccccc12. The van der Waals surface area contributed by atoms with Gasteiger partial charge in [-0.15, -0.1) is 11.3 Å². The predicted molar refractivity (Wildman–Crippen MR) is 79.3 cm³/mol. The molecular weight excluding hydrogens is 281 g/mol. The maximum atomic E-state index is 13.8. The van der Waals surface area contributed by atoms with Crippen molar-refractivity contribution >= 4 is 33.7 Å². The second-order valence-electron chi connectivity index (χ2n) is 4.29. The minimum Gasteiger partial charge on any atom is -0.320 e. The molecule has 4 heteroatoms. The number of hydrogen-bond acceptors (Lipinski definition) is 2. The highest BCUT2D eigenvalue weighted by Gasteiger charge is 2.17. The summed E-state index contributed by atoms with van der Waals surface area (Å²) in [6.07, 6.45) is 0. The average molecular weight is 292 g/mol. The Morgan fingerprint density at radius 1 is 1.05 bits per heavy atom. The lowest BCUT2D eigenvalue weighted by molar-refractivity contribution is 0.639. The monoisotopic (exact) mass is 291 g/mol. The van der Waals surface area contributed by atoms with E-state index in [-0.39, 0.29) is 11.9 Å². The van der Waals surface area contributed by atoms with E-state index in [9.17, 15) is 4.39 Å². The molecule has 19 heavy (non-hydrogen) atoms. The first kappa shape index (κ1) is 12.6. The fourth-order valence-corrected chi connectivity index (χ4v) is 3.42. The van der Waals surface area contributed by atoms with Crippen molar-refractivity contribution in [1.82, 2.24) is 0 Å². The van der Waals surface area contributed by atoms with Crippen molar-refractivity contribution in [3.05, 3.63) is 69.1 Å². The topological polar surface area (TPSA) is 26.0 Å². The van der Waals surface area contributed by atoms with E-state index in [4.69, 9.17) is 17.3 Å². The minimum absolute atomic E-state index is 0.233. The molecule has 96 valence electrons. The fraction of sp³-hybridized carbons (Fsp3) is 0.0667. The quantitative estimate of drug-likeness (QED) is 0.725. The van der Waals surface area contributed by atoms with Gasteiger partial charge in [-0.05, 0) is 28.5 Å². The lowest BCUT2D eigenvalue weighted by Gasteiger charge is -2.14. The van der Waals surface area contributed by atoms with Crippen LogP contribution < -0.4 is 5.73 Å². The van der Waals surface area contributed by atoms with Gasteiger partial charge < -0.3 is 5.73 Å². The van der Waals surface area contributed by atoms with Gasteiger partial charge in [-0.2, -0.15) is 0 Å². The number of benzene rings is 2.